The Morgan fingerprint density at radius 3 is 2.14 bits per heavy atom. The van der Waals surface area contributed by atoms with Gasteiger partial charge in [-0.1, -0.05) is 48.8 Å². The van der Waals surface area contributed by atoms with Gasteiger partial charge >= 0.3 is 0 Å². The van der Waals surface area contributed by atoms with E-state index in [4.69, 9.17) is 11.6 Å². The molecular formula is C12H16BrCl. The van der Waals surface area contributed by atoms with Gasteiger partial charge in [-0.25, -0.2) is 0 Å². The molecule has 0 bridgehead atoms. The highest BCUT2D eigenvalue weighted by atomic mass is 79.9. The monoisotopic (exact) mass is 274 g/mol. The maximum atomic E-state index is 6.33. The van der Waals surface area contributed by atoms with Crippen molar-refractivity contribution in [2.75, 3.05) is 0 Å². The van der Waals surface area contributed by atoms with Gasteiger partial charge in [0.1, 0.15) is 0 Å². The highest BCUT2D eigenvalue weighted by Gasteiger charge is 2.17. The van der Waals surface area contributed by atoms with Crippen molar-refractivity contribution >= 4 is 27.5 Å². The number of halogens is 2. The maximum absolute atomic E-state index is 6.33. The van der Waals surface area contributed by atoms with Crippen LogP contribution in [0.15, 0.2) is 28.7 Å². The third kappa shape index (κ3) is 4.02. The van der Waals surface area contributed by atoms with Crippen LogP contribution < -0.4 is 0 Å². The van der Waals surface area contributed by atoms with Crippen molar-refractivity contribution in [2.45, 2.75) is 32.6 Å². The molecule has 0 aliphatic rings. The Balaban J connectivity index is 2.70. The minimum absolute atomic E-state index is 0.114. The molecule has 0 saturated heterocycles. The van der Waals surface area contributed by atoms with Gasteiger partial charge in [-0.2, -0.15) is 0 Å². The van der Waals surface area contributed by atoms with Crippen molar-refractivity contribution in [1.82, 2.24) is 0 Å². The lowest BCUT2D eigenvalue weighted by Gasteiger charge is -2.22. The second-order valence-corrected chi connectivity index (χ2v) is 6.23. The molecule has 0 aliphatic carbocycles. The van der Waals surface area contributed by atoms with Gasteiger partial charge in [0.05, 0.1) is 5.38 Å². The van der Waals surface area contributed by atoms with Crippen molar-refractivity contribution in [3.05, 3.63) is 34.3 Å². The molecule has 0 amide bonds. The van der Waals surface area contributed by atoms with Crippen LogP contribution in [0.25, 0.3) is 0 Å². The largest absolute Gasteiger partial charge is 0.118 e. The average Bonchev–Trinajstić information content (AvgIpc) is 2.02. The van der Waals surface area contributed by atoms with Crippen molar-refractivity contribution in [2.24, 2.45) is 5.41 Å². The Morgan fingerprint density at radius 1 is 1.21 bits per heavy atom. The molecule has 1 aromatic rings. The first-order valence-corrected chi connectivity index (χ1v) is 6.01. The highest BCUT2D eigenvalue weighted by Crippen LogP contribution is 2.34. The van der Waals surface area contributed by atoms with Crippen LogP contribution in [0.4, 0.5) is 0 Å². The first-order valence-electron chi connectivity index (χ1n) is 4.78. The summed E-state index contributed by atoms with van der Waals surface area (Å²) in [4.78, 5) is 0. The normalized spacial score (nSPS) is 14.1. The fourth-order valence-corrected chi connectivity index (χ4v) is 2.20. The Kier molecular flexibility index (Phi) is 4.03. The molecule has 0 aromatic heterocycles. The highest BCUT2D eigenvalue weighted by molar-refractivity contribution is 9.10. The van der Waals surface area contributed by atoms with E-state index in [-0.39, 0.29) is 10.8 Å². The molecule has 78 valence electrons. The summed E-state index contributed by atoms with van der Waals surface area (Å²) in [5.41, 5.74) is 1.48. The molecule has 0 fully saturated rings. The van der Waals surface area contributed by atoms with Gasteiger partial charge in [-0.05, 0) is 29.5 Å². The van der Waals surface area contributed by atoms with Crippen LogP contribution in [0.2, 0.25) is 0 Å². The van der Waals surface area contributed by atoms with Crippen molar-refractivity contribution in [1.29, 1.82) is 0 Å². The number of hydrogen-bond acceptors (Lipinski definition) is 0. The summed E-state index contributed by atoms with van der Waals surface area (Å²) in [7, 11) is 0. The third-order valence-electron chi connectivity index (χ3n) is 2.02. The van der Waals surface area contributed by atoms with Crippen molar-refractivity contribution in [3.63, 3.8) is 0 Å². The van der Waals surface area contributed by atoms with Gasteiger partial charge in [-0.3, -0.25) is 0 Å². The zero-order valence-electron chi connectivity index (χ0n) is 8.85. The summed E-state index contributed by atoms with van der Waals surface area (Å²) in [5.74, 6) is 0. The van der Waals surface area contributed by atoms with Crippen LogP contribution in [0.3, 0.4) is 0 Å². The molecule has 1 atom stereocenters. The predicted octanol–water partition coefficient (Wildman–Crippen LogP) is 5.17. The summed E-state index contributed by atoms with van der Waals surface area (Å²) in [6.45, 7) is 6.63. The van der Waals surface area contributed by atoms with E-state index in [9.17, 15) is 0 Å². The van der Waals surface area contributed by atoms with E-state index in [1.54, 1.807) is 0 Å². The van der Waals surface area contributed by atoms with Gasteiger partial charge in [-0.15, -0.1) is 11.6 Å². The minimum Gasteiger partial charge on any atom is -0.118 e. The molecule has 0 aliphatic heterocycles. The molecule has 1 aromatic carbocycles. The zero-order chi connectivity index (χ0) is 10.8. The molecular weight excluding hydrogens is 259 g/mol. The minimum atomic E-state index is 0.114. The molecule has 0 nitrogen and oxygen atoms in total. The third-order valence-corrected chi connectivity index (χ3v) is 2.96. The molecule has 0 radical (unpaired) electrons. The second kappa shape index (κ2) is 4.67. The summed E-state index contributed by atoms with van der Waals surface area (Å²) >= 11 is 9.74. The van der Waals surface area contributed by atoms with Crippen LogP contribution in [0.5, 0.6) is 0 Å². The molecule has 0 spiro atoms. The van der Waals surface area contributed by atoms with Crippen molar-refractivity contribution < 1.29 is 0 Å². The number of hydrogen-bond donors (Lipinski definition) is 0. The Bertz CT molecular complexity index is 284. The summed E-state index contributed by atoms with van der Waals surface area (Å²) in [5, 5.41) is 0.114. The van der Waals surface area contributed by atoms with Gasteiger partial charge in [0.15, 0.2) is 0 Å². The van der Waals surface area contributed by atoms with E-state index in [2.05, 4.69) is 48.8 Å². The average molecular weight is 276 g/mol. The Morgan fingerprint density at radius 2 is 1.71 bits per heavy atom. The van der Waals surface area contributed by atoms with E-state index in [1.807, 2.05) is 12.1 Å². The van der Waals surface area contributed by atoms with Gasteiger partial charge < -0.3 is 0 Å². The standard InChI is InChI=1S/C12H16BrCl/c1-12(2,3)8-11(14)9-4-6-10(13)7-5-9/h4-7,11H,8H2,1-3H3. The van der Waals surface area contributed by atoms with E-state index < -0.39 is 0 Å². The lowest BCUT2D eigenvalue weighted by molar-refractivity contribution is 0.372. The second-order valence-electron chi connectivity index (χ2n) is 4.78. The zero-order valence-corrected chi connectivity index (χ0v) is 11.2. The van der Waals surface area contributed by atoms with E-state index in [0.29, 0.717) is 0 Å². The van der Waals surface area contributed by atoms with Gasteiger partial charge in [0.25, 0.3) is 0 Å². The Hall–Kier alpha value is -0.0100. The topological polar surface area (TPSA) is 0 Å². The summed E-state index contributed by atoms with van der Waals surface area (Å²) in [6, 6.07) is 8.22. The number of alkyl halides is 1. The molecule has 1 unspecified atom stereocenters. The van der Waals surface area contributed by atoms with E-state index in [1.165, 1.54) is 5.56 Å². The number of benzene rings is 1. The van der Waals surface area contributed by atoms with Crippen molar-refractivity contribution in [3.8, 4) is 0 Å². The lowest BCUT2D eigenvalue weighted by atomic mass is 9.88. The van der Waals surface area contributed by atoms with Gasteiger partial charge in [0, 0.05) is 4.47 Å². The summed E-state index contributed by atoms with van der Waals surface area (Å²) < 4.78 is 1.10. The first-order chi connectivity index (χ1) is 6.38. The van der Waals surface area contributed by atoms with Crippen LogP contribution in [-0.2, 0) is 0 Å². The van der Waals surface area contributed by atoms with Crippen LogP contribution in [0, 0.1) is 5.41 Å². The molecule has 0 N–H and O–H groups in total. The quantitative estimate of drug-likeness (QED) is 0.654. The molecule has 14 heavy (non-hydrogen) atoms. The fraction of sp³-hybridized carbons (Fsp3) is 0.500. The molecule has 0 saturated carbocycles. The van der Waals surface area contributed by atoms with Crippen LogP contribution in [0.1, 0.15) is 38.1 Å². The van der Waals surface area contributed by atoms with Gasteiger partial charge in [0.2, 0.25) is 0 Å². The van der Waals surface area contributed by atoms with Crippen LogP contribution in [-0.4, -0.2) is 0 Å². The predicted molar refractivity (Wildman–Crippen MR) is 66.8 cm³/mol. The lowest BCUT2D eigenvalue weighted by Crippen LogP contribution is -2.08. The molecule has 1 rings (SSSR count). The SMILES string of the molecule is CC(C)(C)CC(Cl)c1ccc(Br)cc1. The smallest absolute Gasteiger partial charge is 0.0590 e. The number of rotatable bonds is 2. The summed E-state index contributed by atoms with van der Waals surface area (Å²) in [6.07, 6.45) is 0.996. The Labute approximate surface area is 99.8 Å². The molecule has 2 heteroatoms. The van der Waals surface area contributed by atoms with E-state index >= 15 is 0 Å². The molecule has 0 heterocycles. The fourth-order valence-electron chi connectivity index (χ4n) is 1.33. The van der Waals surface area contributed by atoms with Crippen LogP contribution >= 0.6 is 27.5 Å². The van der Waals surface area contributed by atoms with E-state index in [0.717, 1.165) is 10.9 Å². The first kappa shape index (κ1) is 12.1. The maximum Gasteiger partial charge on any atom is 0.0590 e.